The van der Waals surface area contributed by atoms with Crippen LogP contribution in [0.3, 0.4) is 0 Å². The average molecular weight is 277 g/mol. The van der Waals surface area contributed by atoms with E-state index in [0.717, 1.165) is 30.9 Å². The van der Waals surface area contributed by atoms with E-state index >= 15 is 0 Å². The molecular formula is C14H17ClN4. The minimum absolute atomic E-state index is 0.542. The van der Waals surface area contributed by atoms with Gasteiger partial charge in [-0.1, -0.05) is 18.5 Å². The maximum absolute atomic E-state index is 6.15. The van der Waals surface area contributed by atoms with Gasteiger partial charge in [0, 0.05) is 31.0 Å². The number of rotatable bonds is 5. The predicted octanol–water partition coefficient (Wildman–Crippen LogP) is 3.11. The Morgan fingerprint density at radius 2 is 1.89 bits per heavy atom. The highest BCUT2D eigenvalue weighted by Gasteiger charge is 2.14. The predicted molar refractivity (Wildman–Crippen MR) is 77.4 cm³/mol. The van der Waals surface area contributed by atoms with Crippen molar-refractivity contribution < 1.29 is 0 Å². The maximum Gasteiger partial charge on any atom is 0.137 e. The lowest BCUT2D eigenvalue weighted by Crippen LogP contribution is -2.24. The number of aromatic nitrogens is 3. The molecule has 5 heteroatoms. The summed E-state index contributed by atoms with van der Waals surface area (Å²) >= 11 is 6.15. The molecule has 0 fully saturated rings. The molecule has 0 spiro atoms. The van der Waals surface area contributed by atoms with E-state index in [-0.39, 0.29) is 0 Å². The first-order valence-corrected chi connectivity index (χ1v) is 6.77. The number of hydrogen-bond acceptors (Lipinski definition) is 4. The molecule has 0 aromatic carbocycles. The summed E-state index contributed by atoms with van der Waals surface area (Å²) in [7, 11) is 0. The van der Waals surface area contributed by atoms with E-state index in [1.165, 1.54) is 11.9 Å². The summed E-state index contributed by atoms with van der Waals surface area (Å²) in [6.07, 6.45) is 5.95. The monoisotopic (exact) mass is 276 g/mol. The molecule has 0 saturated carbocycles. The summed E-state index contributed by atoms with van der Waals surface area (Å²) in [5, 5.41) is 0.542. The first-order chi connectivity index (χ1) is 9.26. The Bertz CT molecular complexity index is 530. The molecule has 0 aliphatic heterocycles. The number of anilines is 1. The van der Waals surface area contributed by atoms with Crippen LogP contribution in [0.25, 0.3) is 0 Å². The smallest absolute Gasteiger partial charge is 0.137 e. The van der Waals surface area contributed by atoms with Crippen molar-refractivity contribution in [2.45, 2.75) is 26.8 Å². The summed E-state index contributed by atoms with van der Waals surface area (Å²) in [6.45, 7) is 5.83. The van der Waals surface area contributed by atoms with Crippen LogP contribution in [0.15, 0.2) is 30.9 Å². The molecule has 100 valence electrons. The topological polar surface area (TPSA) is 41.9 Å². The van der Waals surface area contributed by atoms with Crippen molar-refractivity contribution in [2.75, 3.05) is 11.4 Å². The van der Waals surface area contributed by atoms with E-state index < -0.39 is 0 Å². The summed E-state index contributed by atoms with van der Waals surface area (Å²) in [5.41, 5.74) is 2.20. The fourth-order valence-electron chi connectivity index (χ4n) is 2.00. The molecule has 0 bridgehead atoms. The Morgan fingerprint density at radius 1 is 1.16 bits per heavy atom. The molecule has 0 saturated heterocycles. The van der Waals surface area contributed by atoms with Gasteiger partial charge in [0.05, 0.1) is 0 Å². The van der Waals surface area contributed by atoms with Gasteiger partial charge in [-0.15, -0.1) is 0 Å². The van der Waals surface area contributed by atoms with Gasteiger partial charge >= 0.3 is 0 Å². The van der Waals surface area contributed by atoms with Crippen LogP contribution in [0.1, 0.15) is 25.0 Å². The van der Waals surface area contributed by atoms with Gasteiger partial charge in [0.25, 0.3) is 0 Å². The Hall–Kier alpha value is -1.68. The maximum atomic E-state index is 6.15. The fraction of sp³-hybridized carbons (Fsp3) is 0.357. The molecule has 0 N–H and O–H groups in total. The molecule has 2 rings (SSSR count). The van der Waals surface area contributed by atoms with Crippen molar-refractivity contribution in [3.05, 3.63) is 47.1 Å². The van der Waals surface area contributed by atoms with Gasteiger partial charge < -0.3 is 4.90 Å². The van der Waals surface area contributed by atoms with Gasteiger partial charge in [0.15, 0.2) is 0 Å². The van der Waals surface area contributed by atoms with Crippen molar-refractivity contribution in [1.82, 2.24) is 15.0 Å². The second kappa shape index (κ2) is 6.48. The van der Waals surface area contributed by atoms with Gasteiger partial charge in [-0.2, -0.15) is 0 Å². The first kappa shape index (κ1) is 13.7. The van der Waals surface area contributed by atoms with Crippen molar-refractivity contribution in [3.63, 3.8) is 0 Å². The van der Waals surface area contributed by atoms with Crippen LogP contribution in [0.5, 0.6) is 0 Å². The molecule has 2 heterocycles. The van der Waals surface area contributed by atoms with E-state index in [0.29, 0.717) is 5.15 Å². The van der Waals surface area contributed by atoms with Crippen LogP contribution in [0.4, 0.5) is 5.82 Å². The number of hydrogen-bond donors (Lipinski definition) is 0. The molecule has 0 amide bonds. The van der Waals surface area contributed by atoms with Gasteiger partial charge in [-0.3, -0.25) is 4.98 Å². The zero-order chi connectivity index (χ0) is 13.7. The van der Waals surface area contributed by atoms with Crippen LogP contribution in [-0.2, 0) is 13.0 Å². The summed E-state index contributed by atoms with van der Waals surface area (Å²) < 4.78 is 0. The SMILES string of the molecule is CCc1c(Cl)ncnc1N(CC)Cc1ccncc1. The van der Waals surface area contributed by atoms with Crippen LogP contribution < -0.4 is 4.90 Å². The third-order valence-corrected chi connectivity index (χ3v) is 3.35. The van der Waals surface area contributed by atoms with Gasteiger partial charge in [-0.05, 0) is 31.0 Å². The molecule has 2 aromatic heterocycles. The Labute approximate surface area is 118 Å². The highest BCUT2D eigenvalue weighted by Crippen LogP contribution is 2.24. The first-order valence-electron chi connectivity index (χ1n) is 6.39. The summed E-state index contributed by atoms with van der Waals surface area (Å²) in [6, 6.07) is 4.02. The molecule has 0 unspecified atom stereocenters. The molecule has 19 heavy (non-hydrogen) atoms. The number of pyridine rings is 1. The van der Waals surface area contributed by atoms with E-state index in [2.05, 4.69) is 33.7 Å². The third kappa shape index (κ3) is 3.20. The lowest BCUT2D eigenvalue weighted by Gasteiger charge is -2.24. The second-order valence-electron chi connectivity index (χ2n) is 4.19. The standard InChI is InChI=1S/C14H17ClN4/c1-3-12-13(15)17-10-18-14(12)19(4-2)9-11-5-7-16-8-6-11/h5-8,10H,3-4,9H2,1-2H3. The minimum Gasteiger partial charge on any atom is -0.352 e. The molecule has 0 atom stereocenters. The van der Waals surface area contributed by atoms with E-state index in [4.69, 9.17) is 11.6 Å². The van der Waals surface area contributed by atoms with Crippen LogP contribution in [0.2, 0.25) is 5.15 Å². The fourth-order valence-corrected chi connectivity index (χ4v) is 2.27. The Morgan fingerprint density at radius 3 is 2.53 bits per heavy atom. The zero-order valence-corrected chi connectivity index (χ0v) is 11.9. The molecule has 0 aliphatic rings. The summed E-state index contributed by atoms with van der Waals surface area (Å²) in [5.74, 6) is 0.918. The van der Waals surface area contributed by atoms with Crippen LogP contribution in [-0.4, -0.2) is 21.5 Å². The lowest BCUT2D eigenvalue weighted by atomic mass is 10.2. The molecular weight excluding hydrogens is 260 g/mol. The number of halogens is 1. The van der Waals surface area contributed by atoms with Gasteiger partial charge in [0.1, 0.15) is 17.3 Å². The average Bonchev–Trinajstić information content (AvgIpc) is 2.45. The molecule has 4 nitrogen and oxygen atoms in total. The molecule has 0 radical (unpaired) electrons. The van der Waals surface area contributed by atoms with Crippen molar-refractivity contribution >= 4 is 17.4 Å². The highest BCUT2D eigenvalue weighted by atomic mass is 35.5. The van der Waals surface area contributed by atoms with Crippen LogP contribution >= 0.6 is 11.6 Å². The van der Waals surface area contributed by atoms with Gasteiger partial charge in [0.2, 0.25) is 0 Å². The van der Waals surface area contributed by atoms with Crippen molar-refractivity contribution in [2.24, 2.45) is 0 Å². The largest absolute Gasteiger partial charge is 0.352 e. The Balaban J connectivity index is 2.30. The second-order valence-corrected chi connectivity index (χ2v) is 4.55. The van der Waals surface area contributed by atoms with Crippen molar-refractivity contribution in [1.29, 1.82) is 0 Å². The zero-order valence-electron chi connectivity index (χ0n) is 11.2. The normalized spacial score (nSPS) is 10.5. The molecule has 0 aliphatic carbocycles. The summed E-state index contributed by atoms with van der Waals surface area (Å²) in [4.78, 5) is 14.7. The minimum atomic E-state index is 0.542. The quantitative estimate of drug-likeness (QED) is 0.787. The lowest BCUT2D eigenvalue weighted by molar-refractivity contribution is 0.797. The van der Waals surface area contributed by atoms with Gasteiger partial charge in [-0.25, -0.2) is 9.97 Å². The van der Waals surface area contributed by atoms with E-state index in [9.17, 15) is 0 Å². The van der Waals surface area contributed by atoms with E-state index in [1.54, 1.807) is 12.4 Å². The van der Waals surface area contributed by atoms with Crippen LogP contribution in [0, 0.1) is 0 Å². The number of nitrogens with zero attached hydrogens (tertiary/aromatic N) is 4. The molecule has 2 aromatic rings. The highest BCUT2D eigenvalue weighted by molar-refractivity contribution is 6.30. The Kier molecular flexibility index (Phi) is 4.68. The van der Waals surface area contributed by atoms with E-state index in [1.807, 2.05) is 12.1 Å². The third-order valence-electron chi connectivity index (χ3n) is 3.03. The van der Waals surface area contributed by atoms with Crippen molar-refractivity contribution in [3.8, 4) is 0 Å².